The van der Waals surface area contributed by atoms with Crippen LogP contribution in [0, 0.1) is 0 Å². The first-order valence-corrected chi connectivity index (χ1v) is 6.90. The molecule has 1 rings (SSSR count). The van der Waals surface area contributed by atoms with Gasteiger partial charge in [-0.3, -0.25) is 4.79 Å². The molecule has 0 fully saturated rings. The van der Waals surface area contributed by atoms with E-state index < -0.39 is 12.6 Å². The predicted octanol–water partition coefficient (Wildman–Crippen LogP) is 1.31. The lowest BCUT2D eigenvalue weighted by Gasteiger charge is -2.13. The topological polar surface area (TPSA) is 94.1 Å². The molecule has 1 amide bonds. The Morgan fingerprint density at radius 2 is 2.00 bits per heavy atom. The van der Waals surface area contributed by atoms with Gasteiger partial charge in [0.2, 0.25) is 0 Å². The number of hydrogen-bond acceptors (Lipinski definition) is 5. The van der Waals surface area contributed by atoms with Crippen molar-refractivity contribution >= 4 is 11.9 Å². The second-order valence-corrected chi connectivity index (χ2v) is 4.53. The number of carboxylic acid groups (broad SMARTS) is 1. The summed E-state index contributed by atoms with van der Waals surface area (Å²) in [6.45, 7) is 3.91. The number of nitrogens with one attached hydrogen (secondary N) is 1. The summed E-state index contributed by atoms with van der Waals surface area (Å²) >= 11 is 0. The summed E-state index contributed by atoms with van der Waals surface area (Å²) in [5.41, 5.74) is 0.398. The fourth-order valence-electron chi connectivity index (χ4n) is 1.60. The molecule has 0 aliphatic carbocycles. The lowest BCUT2D eigenvalue weighted by atomic mass is 10.2. The van der Waals surface area contributed by atoms with E-state index in [0.717, 1.165) is 0 Å². The molecule has 0 saturated carbocycles. The molecular weight excluding hydrogens is 290 g/mol. The van der Waals surface area contributed by atoms with Crippen LogP contribution in [0.4, 0.5) is 0 Å². The van der Waals surface area contributed by atoms with Crippen molar-refractivity contribution in [3.05, 3.63) is 23.8 Å². The fourth-order valence-corrected chi connectivity index (χ4v) is 1.60. The highest BCUT2D eigenvalue weighted by Gasteiger charge is 2.13. The molecule has 1 aromatic rings. The number of amides is 1. The summed E-state index contributed by atoms with van der Waals surface area (Å²) in [6.07, 6.45) is -0.0894. The third kappa shape index (κ3) is 5.61. The van der Waals surface area contributed by atoms with Crippen molar-refractivity contribution in [2.45, 2.75) is 20.0 Å². The molecule has 22 heavy (non-hydrogen) atoms. The lowest BCUT2D eigenvalue weighted by molar-refractivity contribution is -0.139. The van der Waals surface area contributed by atoms with E-state index >= 15 is 0 Å². The van der Waals surface area contributed by atoms with Crippen molar-refractivity contribution in [3.8, 4) is 11.5 Å². The van der Waals surface area contributed by atoms with E-state index in [-0.39, 0.29) is 17.8 Å². The highest BCUT2D eigenvalue weighted by molar-refractivity contribution is 5.94. The summed E-state index contributed by atoms with van der Waals surface area (Å²) in [6, 6.07) is 4.59. The molecular formula is C15H21NO6. The molecule has 0 aromatic heterocycles. The Morgan fingerprint density at radius 3 is 2.59 bits per heavy atom. The Balaban J connectivity index is 2.82. The van der Waals surface area contributed by atoms with Crippen LogP contribution < -0.4 is 14.8 Å². The van der Waals surface area contributed by atoms with Crippen molar-refractivity contribution in [2.24, 2.45) is 0 Å². The Labute approximate surface area is 129 Å². The molecule has 0 radical (unpaired) electrons. The monoisotopic (exact) mass is 311 g/mol. The third-order valence-corrected chi connectivity index (χ3v) is 2.81. The summed E-state index contributed by atoms with van der Waals surface area (Å²) < 4.78 is 15.6. The maximum atomic E-state index is 12.0. The van der Waals surface area contributed by atoms with E-state index in [9.17, 15) is 9.59 Å². The minimum atomic E-state index is -1.09. The van der Waals surface area contributed by atoms with Gasteiger partial charge < -0.3 is 24.6 Å². The second kappa shape index (κ2) is 8.89. The van der Waals surface area contributed by atoms with Gasteiger partial charge >= 0.3 is 5.97 Å². The van der Waals surface area contributed by atoms with E-state index in [1.54, 1.807) is 20.1 Å². The molecule has 0 spiro atoms. The molecule has 0 saturated heterocycles. The number of carboxylic acids is 1. The zero-order chi connectivity index (χ0) is 16.5. The highest BCUT2D eigenvalue weighted by atomic mass is 16.5. The average molecular weight is 311 g/mol. The lowest BCUT2D eigenvalue weighted by Crippen LogP contribution is -2.31. The zero-order valence-corrected chi connectivity index (χ0v) is 12.9. The maximum absolute atomic E-state index is 12.0. The maximum Gasteiger partial charge on any atom is 0.341 e. The van der Waals surface area contributed by atoms with Gasteiger partial charge in [0.05, 0.1) is 12.7 Å². The van der Waals surface area contributed by atoms with Gasteiger partial charge in [0.1, 0.15) is 0 Å². The molecule has 0 heterocycles. The van der Waals surface area contributed by atoms with Gasteiger partial charge in [-0.1, -0.05) is 0 Å². The third-order valence-electron chi connectivity index (χ3n) is 2.81. The standard InChI is InChI=1S/C15H21NO6/c1-4-21-13-7-11(15(19)16-8-10(2)20-3)5-6-12(13)22-9-14(17)18/h5-7,10H,4,8-9H2,1-3H3,(H,16,19)(H,17,18). The number of hydrogen-bond donors (Lipinski definition) is 2. The minimum Gasteiger partial charge on any atom is -0.490 e. The van der Waals surface area contributed by atoms with E-state index in [1.165, 1.54) is 12.1 Å². The van der Waals surface area contributed by atoms with Gasteiger partial charge in [0.25, 0.3) is 5.91 Å². The molecule has 122 valence electrons. The van der Waals surface area contributed by atoms with E-state index in [0.29, 0.717) is 24.5 Å². The van der Waals surface area contributed by atoms with Crippen LogP contribution in [-0.2, 0) is 9.53 Å². The number of aliphatic carboxylic acids is 1. The van der Waals surface area contributed by atoms with E-state index in [4.69, 9.17) is 19.3 Å². The van der Waals surface area contributed by atoms with Crippen molar-refractivity contribution in [1.29, 1.82) is 0 Å². The van der Waals surface area contributed by atoms with Gasteiger partial charge in [-0.05, 0) is 32.0 Å². The van der Waals surface area contributed by atoms with Crippen molar-refractivity contribution in [2.75, 3.05) is 26.9 Å². The van der Waals surface area contributed by atoms with Crippen LogP contribution in [0.15, 0.2) is 18.2 Å². The van der Waals surface area contributed by atoms with Gasteiger partial charge in [0.15, 0.2) is 18.1 Å². The highest BCUT2D eigenvalue weighted by Crippen LogP contribution is 2.28. The van der Waals surface area contributed by atoms with Crippen molar-refractivity contribution in [3.63, 3.8) is 0 Å². The molecule has 7 nitrogen and oxygen atoms in total. The van der Waals surface area contributed by atoms with Crippen LogP contribution in [0.1, 0.15) is 24.2 Å². The Kier molecular flexibility index (Phi) is 7.18. The largest absolute Gasteiger partial charge is 0.490 e. The summed E-state index contributed by atoms with van der Waals surface area (Å²) in [7, 11) is 1.57. The fraction of sp³-hybridized carbons (Fsp3) is 0.467. The molecule has 1 atom stereocenters. The Morgan fingerprint density at radius 1 is 1.27 bits per heavy atom. The summed E-state index contributed by atoms with van der Waals surface area (Å²) in [4.78, 5) is 22.6. The first-order valence-electron chi connectivity index (χ1n) is 6.90. The molecule has 0 bridgehead atoms. The normalized spacial score (nSPS) is 11.6. The summed E-state index contributed by atoms with van der Waals surface area (Å²) in [5.74, 6) is -0.741. The van der Waals surface area contributed by atoms with Crippen LogP contribution >= 0.6 is 0 Å². The zero-order valence-electron chi connectivity index (χ0n) is 12.9. The number of ether oxygens (including phenoxy) is 3. The van der Waals surface area contributed by atoms with E-state index in [2.05, 4.69) is 5.32 Å². The van der Waals surface area contributed by atoms with E-state index in [1.807, 2.05) is 6.92 Å². The molecule has 2 N–H and O–H groups in total. The number of carbonyl (C=O) groups is 2. The van der Waals surface area contributed by atoms with Crippen LogP contribution in [-0.4, -0.2) is 50.0 Å². The second-order valence-electron chi connectivity index (χ2n) is 4.53. The first kappa shape index (κ1) is 17.8. The van der Waals surface area contributed by atoms with Crippen LogP contribution in [0.5, 0.6) is 11.5 Å². The molecule has 0 aliphatic heterocycles. The quantitative estimate of drug-likeness (QED) is 0.714. The van der Waals surface area contributed by atoms with Crippen molar-refractivity contribution in [1.82, 2.24) is 5.32 Å². The van der Waals surface area contributed by atoms with Gasteiger partial charge in [0, 0.05) is 19.2 Å². The smallest absolute Gasteiger partial charge is 0.341 e. The predicted molar refractivity (Wildman–Crippen MR) is 79.5 cm³/mol. The molecule has 1 unspecified atom stereocenters. The molecule has 7 heteroatoms. The van der Waals surface area contributed by atoms with Crippen LogP contribution in [0.2, 0.25) is 0 Å². The number of rotatable bonds is 9. The SMILES string of the molecule is CCOc1cc(C(=O)NCC(C)OC)ccc1OCC(=O)O. The van der Waals surface area contributed by atoms with Gasteiger partial charge in [-0.15, -0.1) is 0 Å². The molecule has 0 aliphatic rings. The molecule has 1 aromatic carbocycles. The number of carbonyl (C=O) groups excluding carboxylic acids is 1. The number of methoxy groups -OCH3 is 1. The van der Waals surface area contributed by atoms with Gasteiger partial charge in [-0.25, -0.2) is 4.79 Å². The Bertz CT molecular complexity index is 517. The number of benzene rings is 1. The summed E-state index contributed by atoms with van der Waals surface area (Å²) in [5, 5.41) is 11.4. The van der Waals surface area contributed by atoms with Crippen LogP contribution in [0.25, 0.3) is 0 Å². The van der Waals surface area contributed by atoms with Crippen LogP contribution in [0.3, 0.4) is 0 Å². The van der Waals surface area contributed by atoms with Crippen molar-refractivity contribution < 1.29 is 28.9 Å². The van der Waals surface area contributed by atoms with Gasteiger partial charge in [-0.2, -0.15) is 0 Å². The first-order chi connectivity index (χ1) is 10.5. The Hall–Kier alpha value is -2.28. The average Bonchev–Trinajstić information content (AvgIpc) is 2.51. The minimum absolute atomic E-state index is 0.0894.